The van der Waals surface area contributed by atoms with Crippen molar-refractivity contribution in [3.63, 3.8) is 0 Å². The highest BCUT2D eigenvalue weighted by Gasteiger charge is 2.34. The molecule has 1 fully saturated rings. The summed E-state index contributed by atoms with van der Waals surface area (Å²) in [5.41, 5.74) is 0.598. The molecule has 2 heteroatoms. The van der Waals surface area contributed by atoms with Crippen LogP contribution in [0.1, 0.15) is 54.4 Å². The molecule has 1 rings (SSSR count). The Morgan fingerprint density at radius 2 is 1.81 bits per heavy atom. The molecular formula is C14H30N2. The van der Waals surface area contributed by atoms with Gasteiger partial charge in [-0.05, 0) is 59.5 Å². The lowest BCUT2D eigenvalue weighted by Gasteiger charge is -2.40. The summed E-state index contributed by atoms with van der Waals surface area (Å²) in [7, 11) is 0. The SMILES string of the molecule is CC(C)CCN1CC(C)(C)NCCC1(C)C. The van der Waals surface area contributed by atoms with E-state index < -0.39 is 0 Å². The largest absolute Gasteiger partial charge is 0.310 e. The van der Waals surface area contributed by atoms with Gasteiger partial charge < -0.3 is 5.32 Å². The van der Waals surface area contributed by atoms with Crippen LogP contribution in [0.3, 0.4) is 0 Å². The van der Waals surface area contributed by atoms with Crippen LogP contribution in [0.2, 0.25) is 0 Å². The van der Waals surface area contributed by atoms with Gasteiger partial charge in [0.15, 0.2) is 0 Å². The molecule has 1 N–H and O–H groups in total. The van der Waals surface area contributed by atoms with Crippen LogP contribution in [0, 0.1) is 5.92 Å². The van der Waals surface area contributed by atoms with Crippen molar-refractivity contribution >= 4 is 0 Å². The van der Waals surface area contributed by atoms with Crippen molar-refractivity contribution in [1.82, 2.24) is 10.2 Å². The zero-order chi connectivity index (χ0) is 12.4. The molecule has 1 heterocycles. The van der Waals surface area contributed by atoms with Gasteiger partial charge in [0.05, 0.1) is 0 Å². The Morgan fingerprint density at radius 1 is 1.19 bits per heavy atom. The summed E-state index contributed by atoms with van der Waals surface area (Å²) in [6.45, 7) is 17.6. The topological polar surface area (TPSA) is 15.3 Å². The third-order valence-corrected chi connectivity index (χ3v) is 3.76. The summed E-state index contributed by atoms with van der Waals surface area (Å²) in [5.74, 6) is 0.801. The van der Waals surface area contributed by atoms with Gasteiger partial charge in [-0.15, -0.1) is 0 Å². The predicted octanol–water partition coefficient (Wildman–Crippen LogP) is 2.89. The molecule has 0 bridgehead atoms. The maximum atomic E-state index is 3.65. The minimum atomic E-state index is 0.255. The first-order valence-electron chi connectivity index (χ1n) is 6.73. The Kier molecular flexibility index (Phi) is 4.42. The van der Waals surface area contributed by atoms with Gasteiger partial charge in [-0.25, -0.2) is 0 Å². The number of hydrogen-bond acceptors (Lipinski definition) is 2. The summed E-state index contributed by atoms with van der Waals surface area (Å²) in [6.07, 6.45) is 2.55. The monoisotopic (exact) mass is 226 g/mol. The summed E-state index contributed by atoms with van der Waals surface area (Å²) in [6, 6.07) is 0. The van der Waals surface area contributed by atoms with Gasteiger partial charge in [0.25, 0.3) is 0 Å². The second-order valence-electron chi connectivity index (χ2n) is 6.98. The standard InChI is InChI=1S/C14H30N2/c1-12(2)7-10-16-11-13(3,4)15-9-8-14(16,5)6/h12,15H,7-11H2,1-6H3. The second kappa shape index (κ2) is 5.05. The Hall–Kier alpha value is -0.0800. The molecule has 16 heavy (non-hydrogen) atoms. The van der Waals surface area contributed by atoms with E-state index in [-0.39, 0.29) is 5.54 Å². The molecule has 96 valence electrons. The molecule has 0 atom stereocenters. The quantitative estimate of drug-likeness (QED) is 0.796. The zero-order valence-corrected chi connectivity index (χ0v) is 12.1. The van der Waals surface area contributed by atoms with Crippen molar-refractivity contribution in [2.75, 3.05) is 19.6 Å². The summed E-state index contributed by atoms with van der Waals surface area (Å²) < 4.78 is 0. The lowest BCUT2D eigenvalue weighted by Crippen LogP contribution is -2.51. The predicted molar refractivity (Wildman–Crippen MR) is 71.8 cm³/mol. The molecule has 0 aromatic carbocycles. The highest BCUT2D eigenvalue weighted by atomic mass is 15.2. The average molecular weight is 226 g/mol. The first kappa shape index (κ1) is 14.0. The van der Waals surface area contributed by atoms with E-state index >= 15 is 0 Å². The fraction of sp³-hybridized carbons (Fsp3) is 1.00. The lowest BCUT2D eigenvalue weighted by atomic mass is 9.96. The molecule has 2 nitrogen and oxygen atoms in total. The maximum Gasteiger partial charge on any atom is 0.0252 e. The van der Waals surface area contributed by atoms with Crippen LogP contribution in [0.15, 0.2) is 0 Å². The van der Waals surface area contributed by atoms with Gasteiger partial charge in [-0.3, -0.25) is 4.90 Å². The number of hydrogen-bond donors (Lipinski definition) is 1. The Morgan fingerprint density at radius 3 is 2.38 bits per heavy atom. The Bertz CT molecular complexity index is 219. The van der Waals surface area contributed by atoms with E-state index in [1.807, 2.05) is 0 Å². The van der Waals surface area contributed by atoms with Crippen LogP contribution in [-0.4, -0.2) is 35.6 Å². The Labute approximate surface area is 102 Å². The normalized spacial score (nSPS) is 25.7. The van der Waals surface area contributed by atoms with Crippen molar-refractivity contribution < 1.29 is 0 Å². The lowest BCUT2D eigenvalue weighted by molar-refractivity contribution is 0.100. The van der Waals surface area contributed by atoms with Gasteiger partial charge in [-0.2, -0.15) is 0 Å². The first-order chi connectivity index (χ1) is 7.23. The molecule has 0 aromatic rings. The van der Waals surface area contributed by atoms with Crippen molar-refractivity contribution in [2.24, 2.45) is 5.92 Å². The Balaban J connectivity index is 2.66. The smallest absolute Gasteiger partial charge is 0.0252 e. The van der Waals surface area contributed by atoms with Crippen molar-refractivity contribution in [1.29, 1.82) is 0 Å². The van der Waals surface area contributed by atoms with Crippen LogP contribution < -0.4 is 5.32 Å². The summed E-state index contributed by atoms with van der Waals surface area (Å²) >= 11 is 0. The molecule has 1 aliphatic rings. The number of nitrogens with one attached hydrogen (secondary N) is 1. The molecule has 0 spiro atoms. The molecule has 1 aliphatic heterocycles. The van der Waals surface area contributed by atoms with E-state index in [2.05, 4.69) is 51.8 Å². The minimum Gasteiger partial charge on any atom is -0.310 e. The highest BCUT2D eigenvalue weighted by molar-refractivity contribution is 4.93. The van der Waals surface area contributed by atoms with E-state index in [1.165, 1.54) is 19.4 Å². The molecule has 0 aliphatic carbocycles. The molecule has 0 amide bonds. The van der Waals surface area contributed by atoms with Crippen molar-refractivity contribution in [3.05, 3.63) is 0 Å². The fourth-order valence-corrected chi connectivity index (χ4v) is 2.41. The van der Waals surface area contributed by atoms with Crippen LogP contribution in [0.5, 0.6) is 0 Å². The molecule has 0 saturated carbocycles. The molecular weight excluding hydrogens is 196 g/mol. The van der Waals surface area contributed by atoms with Crippen LogP contribution in [-0.2, 0) is 0 Å². The van der Waals surface area contributed by atoms with Gasteiger partial charge >= 0.3 is 0 Å². The molecule has 0 radical (unpaired) electrons. The van der Waals surface area contributed by atoms with E-state index in [9.17, 15) is 0 Å². The summed E-state index contributed by atoms with van der Waals surface area (Å²) in [4.78, 5) is 2.67. The highest BCUT2D eigenvalue weighted by Crippen LogP contribution is 2.25. The third-order valence-electron chi connectivity index (χ3n) is 3.76. The molecule has 1 saturated heterocycles. The van der Waals surface area contributed by atoms with E-state index in [0.717, 1.165) is 19.0 Å². The molecule has 0 unspecified atom stereocenters. The minimum absolute atomic E-state index is 0.255. The summed E-state index contributed by atoms with van der Waals surface area (Å²) in [5, 5.41) is 3.65. The third kappa shape index (κ3) is 4.06. The van der Waals surface area contributed by atoms with E-state index in [4.69, 9.17) is 0 Å². The zero-order valence-electron chi connectivity index (χ0n) is 12.1. The van der Waals surface area contributed by atoms with Gasteiger partial charge in [-0.1, -0.05) is 13.8 Å². The van der Waals surface area contributed by atoms with Gasteiger partial charge in [0.1, 0.15) is 0 Å². The van der Waals surface area contributed by atoms with Crippen LogP contribution >= 0.6 is 0 Å². The second-order valence-corrected chi connectivity index (χ2v) is 6.98. The van der Waals surface area contributed by atoms with E-state index in [0.29, 0.717) is 5.54 Å². The van der Waals surface area contributed by atoms with Gasteiger partial charge in [0, 0.05) is 17.6 Å². The average Bonchev–Trinajstić information content (AvgIpc) is 2.19. The van der Waals surface area contributed by atoms with Crippen molar-refractivity contribution in [3.8, 4) is 0 Å². The number of nitrogens with zero attached hydrogens (tertiary/aromatic N) is 1. The molecule has 0 aromatic heterocycles. The van der Waals surface area contributed by atoms with E-state index in [1.54, 1.807) is 0 Å². The van der Waals surface area contributed by atoms with Crippen LogP contribution in [0.4, 0.5) is 0 Å². The number of rotatable bonds is 3. The van der Waals surface area contributed by atoms with Crippen molar-refractivity contribution in [2.45, 2.75) is 65.5 Å². The first-order valence-corrected chi connectivity index (χ1v) is 6.73. The van der Waals surface area contributed by atoms with Crippen LogP contribution in [0.25, 0.3) is 0 Å². The van der Waals surface area contributed by atoms with Gasteiger partial charge in [0.2, 0.25) is 0 Å². The maximum absolute atomic E-state index is 3.65. The fourth-order valence-electron chi connectivity index (χ4n) is 2.41.